The van der Waals surface area contributed by atoms with Crippen LogP contribution < -0.4 is 10.1 Å². The molecule has 0 fully saturated rings. The van der Waals surface area contributed by atoms with E-state index in [0.717, 1.165) is 36.1 Å². The lowest BCUT2D eigenvalue weighted by Crippen LogP contribution is -2.14. The van der Waals surface area contributed by atoms with Crippen molar-refractivity contribution in [1.29, 1.82) is 0 Å². The van der Waals surface area contributed by atoms with Crippen molar-refractivity contribution in [2.24, 2.45) is 0 Å². The molecule has 2 N–H and O–H groups in total. The van der Waals surface area contributed by atoms with E-state index in [9.17, 15) is 14.7 Å². The molecule has 2 aromatic rings. The SMILES string of the molecule is CC(C)Oc1ccc(C(=O)Nc2sc3c(c2C(=O)O)CCCC3)cc1. The van der Waals surface area contributed by atoms with Gasteiger partial charge < -0.3 is 15.2 Å². The zero-order valence-electron chi connectivity index (χ0n) is 14.3. The molecule has 25 heavy (non-hydrogen) atoms. The van der Waals surface area contributed by atoms with E-state index < -0.39 is 5.97 Å². The number of thiophene rings is 1. The molecule has 0 aliphatic heterocycles. The first-order valence-electron chi connectivity index (χ1n) is 8.41. The molecule has 0 bridgehead atoms. The molecular weight excluding hydrogens is 338 g/mol. The molecule has 132 valence electrons. The first kappa shape index (κ1) is 17.5. The lowest BCUT2D eigenvalue weighted by atomic mass is 9.95. The van der Waals surface area contributed by atoms with Crippen molar-refractivity contribution in [1.82, 2.24) is 0 Å². The summed E-state index contributed by atoms with van der Waals surface area (Å²) in [4.78, 5) is 25.2. The van der Waals surface area contributed by atoms with Crippen LogP contribution in [0.3, 0.4) is 0 Å². The van der Waals surface area contributed by atoms with E-state index in [1.165, 1.54) is 11.3 Å². The van der Waals surface area contributed by atoms with Crippen LogP contribution in [-0.4, -0.2) is 23.1 Å². The molecule has 1 heterocycles. The van der Waals surface area contributed by atoms with Crippen molar-refractivity contribution in [3.05, 3.63) is 45.8 Å². The molecule has 1 aliphatic rings. The Morgan fingerprint density at radius 1 is 1.16 bits per heavy atom. The van der Waals surface area contributed by atoms with E-state index in [1.807, 2.05) is 13.8 Å². The van der Waals surface area contributed by atoms with Crippen LogP contribution in [0.1, 0.15) is 57.8 Å². The quantitative estimate of drug-likeness (QED) is 0.831. The number of hydrogen-bond acceptors (Lipinski definition) is 4. The number of fused-ring (bicyclic) bond motifs is 1. The molecule has 1 aliphatic carbocycles. The van der Waals surface area contributed by atoms with Gasteiger partial charge in [0.25, 0.3) is 5.91 Å². The van der Waals surface area contributed by atoms with Gasteiger partial charge >= 0.3 is 5.97 Å². The molecule has 0 unspecified atom stereocenters. The summed E-state index contributed by atoms with van der Waals surface area (Å²) < 4.78 is 5.57. The van der Waals surface area contributed by atoms with E-state index in [0.29, 0.717) is 16.3 Å². The number of carboxylic acids is 1. The van der Waals surface area contributed by atoms with Crippen molar-refractivity contribution >= 4 is 28.2 Å². The average Bonchev–Trinajstić information content (AvgIpc) is 2.92. The summed E-state index contributed by atoms with van der Waals surface area (Å²) >= 11 is 1.39. The maximum absolute atomic E-state index is 12.5. The Labute approximate surface area is 150 Å². The largest absolute Gasteiger partial charge is 0.491 e. The minimum atomic E-state index is -0.976. The summed E-state index contributed by atoms with van der Waals surface area (Å²) in [5, 5.41) is 12.8. The van der Waals surface area contributed by atoms with Gasteiger partial charge in [0.1, 0.15) is 10.8 Å². The summed E-state index contributed by atoms with van der Waals surface area (Å²) in [6.07, 6.45) is 3.78. The summed E-state index contributed by atoms with van der Waals surface area (Å²) in [6.45, 7) is 3.87. The van der Waals surface area contributed by atoms with Crippen LogP contribution in [0, 0.1) is 0 Å². The molecule has 0 saturated heterocycles. The number of carbonyl (C=O) groups is 2. The Bertz CT molecular complexity index is 793. The van der Waals surface area contributed by atoms with E-state index in [-0.39, 0.29) is 17.6 Å². The van der Waals surface area contributed by atoms with Gasteiger partial charge in [0.2, 0.25) is 0 Å². The fourth-order valence-electron chi connectivity index (χ4n) is 3.01. The molecule has 1 amide bonds. The number of anilines is 1. The number of hydrogen-bond donors (Lipinski definition) is 2. The average molecular weight is 359 g/mol. The third-order valence-electron chi connectivity index (χ3n) is 4.10. The van der Waals surface area contributed by atoms with E-state index >= 15 is 0 Å². The van der Waals surface area contributed by atoms with E-state index in [1.54, 1.807) is 24.3 Å². The maximum atomic E-state index is 12.5. The molecule has 3 rings (SSSR count). The van der Waals surface area contributed by atoms with Crippen molar-refractivity contribution in [3.63, 3.8) is 0 Å². The molecular formula is C19H21NO4S. The molecule has 1 aromatic heterocycles. The van der Waals surface area contributed by atoms with Gasteiger partial charge in [-0.1, -0.05) is 0 Å². The second kappa shape index (κ2) is 7.27. The molecule has 5 nitrogen and oxygen atoms in total. The Balaban J connectivity index is 1.81. The number of carbonyl (C=O) groups excluding carboxylic acids is 1. The minimum absolute atomic E-state index is 0.0650. The topological polar surface area (TPSA) is 75.6 Å². The van der Waals surface area contributed by atoms with Crippen molar-refractivity contribution in [2.45, 2.75) is 45.6 Å². The zero-order valence-corrected chi connectivity index (χ0v) is 15.1. The normalized spacial score (nSPS) is 13.4. The summed E-state index contributed by atoms with van der Waals surface area (Å²) in [6, 6.07) is 6.85. The molecule has 0 spiro atoms. The van der Waals surface area contributed by atoms with E-state index in [4.69, 9.17) is 4.74 Å². The molecule has 0 radical (unpaired) electrons. The summed E-state index contributed by atoms with van der Waals surface area (Å²) in [5.41, 5.74) is 1.62. The van der Waals surface area contributed by atoms with Crippen LogP contribution in [0.2, 0.25) is 0 Å². The van der Waals surface area contributed by atoms with Gasteiger partial charge in [-0.2, -0.15) is 0 Å². The van der Waals surface area contributed by atoms with Crippen LogP contribution in [0.4, 0.5) is 5.00 Å². The number of aromatic carboxylic acids is 1. The van der Waals surface area contributed by atoms with Crippen molar-refractivity contribution < 1.29 is 19.4 Å². The van der Waals surface area contributed by atoms with Crippen LogP contribution in [0.25, 0.3) is 0 Å². The second-order valence-corrected chi connectivity index (χ2v) is 7.47. The Morgan fingerprint density at radius 3 is 2.48 bits per heavy atom. The van der Waals surface area contributed by atoms with Gasteiger partial charge in [-0.05, 0) is 69.4 Å². The van der Waals surface area contributed by atoms with Gasteiger partial charge in [-0.25, -0.2) is 4.79 Å². The number of ether oxygens (including phenoxy) is 1. The highest BCUT2D eigenvalue weighted by Gasteiger charge is 2.26. The Kier molecular flexibility index (Phi) is 5.08. The highest BCUT2D eigenvalue weighted by atomic mass is 32.1. The summed E-state index contributed by atoms with van der Waals surface area (Å²) in [7, 11) is 0. The lowest BCUT2D eigenvalue weighted by molar-refractivity contribution is 0.0697. The van der Waals surface area contributed by atoms with E-state index in [2.05, 4.69) is 5.32 Å². The number of rotatable bonds is 5. The van der Waals surface area contributed by atoms with Crippen molar-refractivity contribution in [2.75, 3.05) is 5.32 Å². The third kappa shape index (κ3) is 3.85. The van der Waals surface area contributed by atoms with Gasteiger partial charge in [-0.15, -0.1) is 11.3 Å². The van der Waals surface area contributed by atoms with Crippen molar-refractivity contribution in [3.8, 4) is 5.75 Å². The third-order valence-corrected chi connectivity index (χ3v) is 5.31. The Hall–Kier alpha value is -2.34. The van der Waals surface area contributed by atoms with Gasteiger partial charge in [0.05, 0.1) is 11.7 Å². The lowest BCUT2D eigenvalue weighted by Gasteiger charge is -2.11. The minimum Gasteiger partial charge on any atom is -0.491 e. The second-order valence-electron chi connectivity index (χ2n) is 6.37. The van der Waals surface area contributed by atoms with Crippen LogP contribution >= 0.6 is 11.3 Å². The number of aryl methyl sites for hydroxylation is 1. The standard InChI is InChI=1S/C19H21NO4S/c1-11(2)24-13-9-7-12(8-10-13)17(21)20-18-16(19(22)23)14-5-3-4-6-15(14)25-18/h7-11H,3-6H2,1-2H3,(H,20,21)(H,22,23). The Morgan fingerprint density at radius 2 is 1.84 bits per heavy atom. The molecule has 0 atom stereocenters. The zero-order chi connectivity index (χ0) is 18.0. The van der Waals surface area contributed by atoms with Gasteiger partial charge in [-0.3, -0.25) is 4.79 Å². The molecule has 6 heteroatoms. The number of amides is 1. The fraction of sp³-hybridized carbons (Fsp3) is 0.368. The monoisotopic (exact) mass is 359 g/mol. The fourth-order valence-corrected chi connectivity index (χ4v) is 4.29. The maximum Gasteiger partial charge on any atom is 0.339 e. The first-order valence-corrected chi connectivity index (χ1v) is 9.23. The van der Waals surface area contributed by atoms with Crippen LogP contribution in [0.15, 0.2) is 24.3 Å². The van der Waals surface area contributed by atoms with Crippen LogP contribution in [-0.2, 0) is 12.8 Å². The highest BCUT2D eigenvalue weighted by molar-refractivity contribution is 7.17. The molecule has 0 saturated carbocycles. The van der Waals surface area contributed by atoms with Gasteiger partial charge in [0.15, 0.2) is 0 Å². The molecule has 1 aromatic carbocycles. The van der Waals surface area contributed by atoms with Crippen LogP contribution in [0.5, 0.6) is 5.75 Å². The number of carboxylic acid groups (broad SMARTS) is 1. The smallest absolute Gasteiger partial charge is 0.339 e. The summed E-state index contributed by atoms with van der Waals surface area (Å²) in [5.74, 6) is -0.586. The predicted octanol–water partition coefficient (Wildman–Crippen LogP) is 4.36. The predicted molar refractivity (Wildman–Crippen MR) is 98.1 cm³/mol. The number of nitrogens with one attached hydrogen (secondary N) is 1. The highest BCUT2D eigenvalue weighted by Crippen LogP contribution is 2.38. The first-order chi connectivity index (χ1) is 12.0. The van der Waals surface area contributed by atoms with Gasteiger partial charge in [0, 0.05) is 10.4 Å². The number of benzene rings is 1.